The smallest absolute Gasteiger partial charge is 0.0337 e. The summed E-state index contributed by atoms with van der Waals surface area (Å²) >= 11 is 0. The number of nitrogens with one attached hydrogen (secondary N) is 1. The Morgan fingerprint density at radius 2 is 1.88 bits per heavy atom. The number of hydrogen-bond donors (Lipinski definition) is 1. The molecular weight excluding hydrogens is 208 g/mol. The Morgan fingerprint density at radius 3 is 2.47 bits per heavy atom. The van der Waals surface area contributed by atoms with E-state index in [1.165, 1.54) is 51.6 Å². The fourth-order valence-electron chi connectivity index (χ4n) is 3.85. The van der Waals surface area contributed by atoms with E-state index in [0.717, 1.165) is 6.04 Å². The van der Waals surface area contributed by atoms with E-state index in [9.17, 15) is 0 Å². The Bertz CT molecular complexity index is 254. The van der Waals surface area contributed by atoms with Gasteiger partial charge in [0.25, 0.3) is 0 Å². The lowest BCUT2D eigenvalue weighted by Crippen LogP contribution is -2.69. The molecule has 1 saturated heterocycles. The Labute approximate surface area is 107 Å². The highest BCUT2D eigenvalue weighted by Crippen LogP contribution is 2.40. The molecule has 17 heavy (non-hydrogen) atoms. The SMILES string of the molecule is CCCC(C)N1CC(C)(C)NCC12CCCC2. The molecule has 0 bridgehead atoms. The maximum Gasteiger partial charge on any atom is 0.0337 e. The third-order valence-electron chi connectivity index (χ3n) is 4.84. The second kappa shape index (κ2) is 4.89. The van der Waals surface area contributed by atoms with Crippen LogP contribution in [0.3, 0.4) is 0 Å². The predicted octanol–water partition coefficient (Wildman–Crippen LogP) is 3.17. The highest BCUT2D eigenvalue weighted by molar-refractivity contribution is 5.05. The van der Waals surface area contributed by atoms with Crippen LogP contribution in [0.15, 0.2) is 0 Å². The third kappa shape index (κ3) is 2.68. The minimum atomic E-state index is 0.288. The molecule has 1 saturated carbocycles. The van der Waals surface area contributed by atoms with Crippen LogP contribution in [0, 0.1) is 0 Å². The van der Waals surface area contributed by atoms with Gasteiger partial charge in [0, 0.05) is 30.2 Å². The fourth-order valence-corrected chi connectivity index (χ4v) is 3.85. The lowest BCUT2D eigenvalue weighted by atomic mass is 9.85. The Morgan fingerprint density at radius 1 is 1.24 bits per heavy atom. The van der Waals surface area contributed by atoms with E-state index in [2.05, 4.69) is 37.9 Å². The van der Waals surface area contributed by atoms with Gasteiger partial charge in [-0.2, -0.15) is 0 Å². The van der Waals surface area contributed by atoms with E-state index in [1.54, 1.807) is 0 Å². The minimum Gasteiger partial charge on any atom is -0.309 e. The molecule has 1 aliphatic carbocycles. The van der Waals surface area contributed by atoms with Crippen molar-refractivity contribution in [1.82, 2.24) is 10.2 Å². The van der Waals surface area contributed by atoms with Crippen molar-refractivity contribution >= 4 is 0 Å². The Kier molecular flexibility index (Phi) is 3.84. The van der Waals surface area contributed by atoms with Crippen molar-refractivity contribution < 1.29 is 0 Å². The van der Waals surface area contributed by atoms with E-state index in [0.29, 0.717) is 5.54 Å². The highest BCUT2D eigenvalue weighted by atomic mass is 15.3. The van der Waals surface area contributed by atoms with Crippen LogP contribution in [0.5, 0.6) is 0 Å². The van der Waals surface area contributed by atoms with E-state index in [-0.39, 0.29) is 5.54 Å². The lowest BCUT2D eigenvalue weighted by Gasteiger charge is -2.54. The summed E-state index contributed by atoms with van der Waals surface area (Å²) in [6.07, 6.45) is 8.32. The van der Waals surface area contributed by atoms with Crippen LogP contribution in [0.2, 0.25) is 0 Å². The van der Waals surface area contributed by atoms with Crippen LogP contribution >= 0.6 is 0 Å². The van der Waals surface area contributed by atoms with Gasteiger partial charge in [0.2, 0.25) is 0 Å². The molecule has 0 aromatic carbocycles. The molecule has 2 heteroatoms. The number of piperazine rings is 1. The van der Waals surface area contributed by atoms with Crippen molar-refractivity contribution in [2.75, 3.05) is 13.1 Å². The van der Waals surface area contributed by atoms with Crippen molar-refractivity contribution in [2.24, 2.45) is 0 Å². The summed E-state index contributed by atoms with van der Waals surface area (Å²) in [4.78, 5) is 2.85. The summed E-state index contributed by atoms with van der Waals surface area (Å²) in [7, 11) is 0. The molecule has 1 N–H and O–H groups in total. The van der Waals surface area contributed by atoms with Gasteiger partial charge >= 0.3 is 0 Å². The summed E-state index contributed by atoms with van der Waals surface area (Å²) < 4.78 is 0. The van der Waals surface area contributed by atoms with Crippen LogP contribution in [-0.2, 0) is 0 Å². The Hall–Kier alpha value is -0.0800. The van der Waals surface area contributed by atoms with Gasteiger partial charge in [-0.1, -0.05) is 26.2 Å². The predicted molar refractivity (Wildman–Crippen MR) is 74.4 cm³/mol. The van der Waals surface area contributed by atoms with E-state index in [4.69, 9.17) is 0 Å². The fraction of sp³-hybridized carbons (Fsp3) is 1.00. The molecule has 2 rings (SSSR count). The maximum absolute atomic E-state index is 3.78. The first-order valence-electron chi connectivity index (χ1n) is 7.51. The first kappa shape index (κ1) is 13.4. The molecular formula is C15H30N2. The number of nitrogens with zero attached hydrogens (tertiary/aromatic N) is 1. The van der Waals surface area contributed by atoms with Crippen molar-refractivity contribution in [3.05, 3.63) is 0 Å². The molecule has 1 aliphatic heterocycles. The molecule has 2 fully saturated rings. The zero-order chi connectivity index (χ0) is 12.5. The molecule has 0 amide bonds. The highest BCUT2D eigenvalue weighted by Gasteiger charge is 2.46. The average molecular weight is 238 g/mol. The Balaban J connectivity index is 2.14. The van der Waals surface area contributed by atoms with Crippen molar-refractivity contribution in [2.45, 2.75) is 83.3 Å². The largest absolute Gasteiger partial charge is 0.309 e. The third-order valence-corrected chi connectivity index (χ3v) is 4.84. The van der Waals surface area contributed by atoms with Crippen molar-refractivity contribution in [3.8, 4) is 0 Å². The quantitative estimate of drug-likeness (QED) is 0.812. The normalized spacial score (nSPS) is 29.6. The number of hydrogen-bond acceptors (Lipinski definition) is 2. The molecule has 0 aromatic rings. The van der Waals surface area contributed by atoms with Crippen LogP contribution in [0.25, 0.3) is 0 Å². The van der Waals surface area contributed by atoms with Gasteiger partial charge in [-0.15, -0.1) is 0 Å². The van der Waals surface area contributed by atoms with Gasteiger partial charge in [0.15, 0.2) is 0 Å². The molecule has 1 heterocycles. The second-order valence-corrected chi connectivity index (χ2v) is 6.93. The van der Waals surface area contributed by atoms with E-state index >= 15 is 0 Å². The van der Waals surface area contributed by atoms with Gasteiger partial charge in [0.1, 0.15) is 0 Å². The standard InChI is InChI=1S/C15H30N2/c1-5-8-13(2)17-12-14(3,4)16-11-15(17)9-6-7-10-15/h13,16H,5-12H2,1-4H3. The van der Waals surface area contributed by atoms with Gasteiger partial charge < -0.3 is 5.32 Å². The van der Waals surface area contributed by atoms with Crippen LogP contribution in [0.1, 0.15) is 66.2 Å². The van der Waals surface area contributed by atoms with E-state index < -0.39 is 0 Å². The van der Waals surface area contributed by atoms with Gasteiger partial charge in [-0.3, -0.25) is 4.90 Å². The molecule has 100 valence electrons. The number of rotatable bonds is 3. The van der Waals surface area contributed by atoms with Crippen molar-refractivity contribution in [3.63, 3.8) is 0 Å². The van der Waals surface area contributed by atoms with Gasteiger partial charge in [-0.25, -0.2) is 0 Å². The van der Waals surface area contributed by atoms with Crippen LogP contribution in [-0.4, -0.2) is 35.1 Å². The minimum absolute atomic E-state index is 0.288. The summed E-state index contributed by atoms with van der Waals surface area (Å²) in [6, 6.07) is 0.750. The summed E-state index contributed by atoms with van der Waals surface area (Å²) in [5.41, 5.74) is 0.778. The topological polar surface area (TPSA) is 15.3 Å². The molecule has 2 aliphatic rings. The first-order valence-corrected chi connectivity index (χ1v) is 7.51. The van der Waals surface area contributed by atoms with Crippen molar-refractivity contribution in [1.29, 1.82) is 0 Å². The second-order valence-electron chi connectivity index (χ2n) is 6.93. The lowest BCUT2D eigenvalue weighted by molar-refractivity contribution is -0.0127. The van der Waals surface area contributed by atoms with E-state index in [1.807, 2.05) is 0 Å². The summed E-state index contributed by atoms with van der Waals surface area (Å²) in [6.45, 7) is 11.9. The van der Waals surface area contributed by atoms with Gasteiger partial charge in [0.05, 0.1) is 0 Å². The van der Waals surface area contributed by atoms with Gasteiger partial charge in [-0.05, 0) is 40.0 Å². The average Bonchev–Trinajstić information content (AvgIpc) is 2.72. The molecule has 0 aromatic heterocycles. The molecule has 0 radical (unpaired) electrons. The zero-order valence-electron chi connectivity index (χ0n) is 12.2. The molecule has 2 nitrogen and oxygen atoms in total. The van der Waals surface area contributed by atoms with Crippen LogP contribution in [0.4, 0.5) is 0 Å². The zero-order valence-corrected chi connectivity index (χ0v) is 12.2. The molecule has 1 spiro atoms. The first-order chi connectivity index (χ1) is 7.99. The monoisotopic (exact) mass is 238 g/mol. The molecule has 1 unspecified atom stereocenters. The summed E-state index contributed by atoms with van der Waals surface area (Å²) in [5, 5.41) is 3.78. The molecule has 1 atom stereocenters. The summed E-state index contributed by atoms with van der Waals surface area (Å²) in [5.74, 6) is 0. The maximum atomic E-state index is 3.78. The van der Waals surface area contributed by atoms with Crippen LogP contribution < -0.4 is 5.32 Å².